The molecule has 5 nitrogen and oxygen atoms in total. The number of anilines is 1. The lowest BCUT2D eigenvalue weighted by atomic mass is 9.79. The standard InChI is InChI=1S/C16H23NO4/c1-6-17(12-9-11(18)8-7-10(12)2)14(19)13(15(20)21)16(3,4)5/h7-9,13,18H,6H2,1-5H3,(H,20,21). The number of carbonyl (C=O) groups excluding carboxylic acids is 1. The average Bonchev–Trinajstić information content (AvgIpc) is 2.32. The number of carbonyl (C=O) groups is 2. The second-order valence-electron chi connectivity index (χ2n) is 6.19. The molecule has 0 aliphatic heterocycles. The van der Waals surface area contributed by atoms with Crippen molar-refractivity contribution < 1.29 is 19.8 Å². The number of nitrogens with zero attached hydrogens (tertiary/aromatic N) is 1. The highest BCUT2D eigenvalue weighted by Crippen LogP contribution is 2.32. The molecule has 0 aliphatic carbocycles. The number of aromatic hydroxyl groups is 1. The fourth-order valence-corrected chi connectivity index (χ4v) is 2.34. The second-order valence-corrected chi connectivity index (χ2v) is 6.19. The third kappa shape index (κ3) is 3.74. The van der Waals surface area contributed by atoms with Crippen LogP contribution in [0.25, 0.3) is 0 Å². The van der Waals surface area contributed by atoms with E-state index in [2.05, 4.69) is 0 Å². The maximum absolute atomic E-state index is 12.7. The van der Waals surface area contributed by atoms with E-state index in [0.29, 0.717) is 12.2 Å². The van der Waals surface area contributed by atoms with Crippen molar-refractivity contribution in [3.8, 4) is 5.75 Å². The quantitative estimate of drug-likeness (QED) is 0.837. The lowest BCUT2D eigenvalue weighted by Crippen LogP contribution is -2.45. The number of benzene rings is 1. The zero-order valence-corrected chi connectivity index (χ0v) is 13.2. The molecule has 1 rings (SSSR count). The Balaban J connectivity index is 3.28. The first kappa shape index (κ1) is 17.0. The van der Waals surface area contributed by atoms with Gasteiger partial charge in [-0.25, -0.2) is 0 Å². The van der Waals surface area contributed by atoms with E-state index in [1.807, 2.05) is 6.92 Å². The van der Waals surface area contributed by atoms with Crippen LogP contribution < -0.4 is 4.90 Å². The highest BCUT2D eigenvalue weighted by atomic mass is 16.4. The summed E-state index contributed by atoms with van der Waals surface area (Å²) in [5.41, 5.74) is 0.653. The molecule has 0 aromatic heterocycles. The molecule has 0 radical (unpaired) electrons. The van der Waals surface area contributed by atoms with Crippen molar-refractivity contribution in [2.24, 2.45) is 11.3 Å². The van der Waals surface area contributed by atoms with Crippen LogP contribution in [0.15, 0.2) is 18.2 Å². The molecule has 116 valence electrons. The topological polar surface area (TPSA) is 77.8 Å². The minimum Gasteiger partial charge on any atom is -0.508 e. The molecule has 1 aromatic rings. The summed E-state index contributed by atoms with van der Waals surface area (Å²) in [6.07, 6.45) is 0. The highest BCUT2D eigenvalue weighted by Gasteiger charge is 2.40. The normalized spacial score (nSPS) is 12.8. The summed E-state index contributed by atoms with van der Waals surface area (Å²) in [5.74, 6) is -2.70. The van der Waals surface area contributed by atoms with E-state index in [0.717, 1.165) is 5.56 Å². The van der Waals surface area contributed by atoms with Gasteiger partial charge in [-0.15, -0.1) is 0 Å². The van der Waals surface area contributed by atoms with Crippen LogP contribution in [0.1, 0.15) is 33.3 Å². The summed E-state index contributed by atoms with van der Waals surface area (Å²) in [6.45, 7) is 9.12. The van der Waals surface area contributed by atoms with E-state index < -0.39 is 23.2 Å². The van der Waals surface area contributed by atoms with Gasteiger partial charge in [0.15, 0.2) is 0 Å². The molecule has 1 atom stereocenters. The fraction of sp³-hybridized carbons (Fsp3) is 0.500. The van der Waals surface area contributed by atoms with Gasteiger partial charge in [-0.3, -0.25) is 9.59 Å². The third-order valence-electron chi connectivity index (χ3n) is 3.43. The highest BCUT2D eigenvalue weighted by molar-refractivity contribution is 6.06. The first-order valence-electron chi connectivity index (χ1n) is 6.93. The molecule has 0 spiro atoms. The van der Waals surface area contributed by atoms with E-state index in [-0.39, 0.29) is 5.75 Å². The van der Waals surface area contributed by atoms with E-state index in [1.165, 1.54) is 17.0 Å². The molecule has 5 heteroatoms. The van der Waals surface area contributed by atoms with Crippen LogP contribution in [0.5, 0.6) is 5.75 Å². The molecule has 1 unspecified atom stereocenters. The smallest absolute Gasteiger partial charge is 0.316 e. The maximum Gasteiger partial charge on any atom is 0.316 e. The van der Waals surface area contributed by atoms with Crippen molar-refractivity contribution in [3.05, 3.63) is 23.8 Å². The summed E-state index contributed by atoms with van der Waals surface area (Å²) in [7, 11) is 0. The summed E-state index contributed by atoms with van der Waals surface area (Å²) < 4.78 is 0. The van der Waals surface area contributed by atoms with Crippen LogP contribution >= 0.6 is 0 Å². The van der Waals surface area contributed by atoms with Gasteiger partial charge >= 0.3 is 5.97 Å². The van der Waals surface area contributed by atoms with E-state index in [1.54, 1.807) is 33.8 Å². The Morgan fingerprint density at radius 1 is 1.29 bits per heavy atom. The fourth-order valence-electron chi connectivity index (χ4n) is 2.34. The lowest BCUT2D eigenvalue weighted by molar-refractivity contribution is -0.150. The third-order valence-corrected chi connectivity index (χ3v) is 3.43. The molecule has 0 aliphatic rings. The number of hydrogen-bond donors (Lipinski definition) is 2. The summed E-state index contributed by atoms with van der Waals surface area (Å²) in [4.78, 5) is 25.6. The molecule has 0 saturated heterocycles. The summed E-state index contributed by atoms with van der Waals surface area (Å²) in [6, 6.07) is 4.72. The van der Waals surface area contributed by atoms with Gasteiger partial charge in [0.05, 0.1) is 5.69 Å². The van der Waals surface area contributed by atoms with Gasteiger partial charge in [-0.1, -0.05) is 26.8 Å². The molecule has 2 N–H and O–H groups in total. The van der Waals surface area contributed by atoms with Gasteiger partial charge in [0, 0.05) is 12.6 Å². The Kier molecular flexibility index (Phi) is 4.99. The second kappa shape index (κ2) is 6.16. The number of phenols is 1. The number of aryl methyl sites for hydroxylation is 1. The lowest BCUT2D eigenvalue weighted by Gasteiger charge is -2.32. The monoisotopic (exact) mass is 293 g/mol. The van der Waals surface area contributed by atoms with Crippen molar-refractivity contribution in [2.75, 3.05) is 11.4 Å². The van der Waals surface area contributed by atoms with E-state index in [9.17, 15) is 19.8 Å². The van der Waals surface area contributed by atoms with Gasteiger partial charge in [0.1, 0.15) is 11.7 Å². The van der Waals surface area contributed by atoms with Crippen LogP contribution in [-0.4, -0.2) is 28.6 Å². The Hall–Kier alpha value is -2.04. The maximum atomic E-state index is 12.7. The number of carboxylic acids is 1. The largest absolute Gasteiger partial charge is 0.508 e. The van der Waals surface area contributed by atoms with E-state index >= 15 is 0 Å². The minimum absolute atomic E-state index is 0.0458. The zero-order valence-electron chi connectivity index (χ0n) is 13.2. The first-order chi connectivity index (χ1) is 9.59. The van der Waals surface area contributed by atoms with E-state index in [4.69, 9.17) is 0 Å². The Bertz CT molecular complexity index is 546. The van der Waals surface area contributed by atoms with Crippen LogP contribution in [0.4, 0.5) is 5.69 Å². The Morgan fingerprint density at radius 3 is 2.29 bits per heavy atom. The van der Waals surface area contributed by atoms with Crippen LogP contribution in [-0.2, 0) is 9.59 Å². The SMILES string of the molecule is CCN(C(=O)C(C(=O)O)C(C)(C)C)c1cc(O)ccc1C. The number of rotatable bonds is 4. The molecule has 0 fully saturated rings. The number of amides is 1. The van der Waals surface area contributed by atoms with Crippen molar-refractivity contribution in [2.45, 2.75) is 34.6 Å². The molecule has 1 aromatic carbocycles. The molecular formula is C16H23NO4. The number of phenolic OH excluding ortho intramolecular Hbond substituents is 1. The molecule has 0 saturated carbocycles. The summed E-state index contributed by atoms with van der Waals surface area (Å²) in [5, 5.41) is 19.0. The predicted octanol–water partition coefficient (Wildman–Crippen LogP) is 2.80. The molecule has 1 amide bonds. The first-order valence-corrected chi connectivity index (χ1v) is 6.93. The van der Waals surface area contributed by atoms with Crippen LogP contribution in [0, 0.1) is 18.3 Å². The molecule has 0 heterocycles. The molecular weight excluding hydrogens is 270 g/mol. The van der Waals surface area contributed by atoms with Gasteiger partial charge in [0.2, 0.25) is 5.91 Å². The van der Waals surface area contributed by atoms with Gasteiger partial charge in [0.25, 0.3) is 0 Å². The van der Waals surface area contributed by atoms with Crippen molar-refractivity contribution in [3.63, 3.8) is 0 Å². The van der Waals surface area contributed by atoms with Crippen molar-refractivity contribution >= 4 is 17.6 Å². The van der Waals surface area contributed by atoms with Crippen molar-refractivity contribution in [1.29, 1.82) is 0 Å². The summed E-state index contributed by atoms with van der Waals surface area (Å²) >= 11 is 0. The van der Waals surface area contributed by atoms with Gasteiger partial charge in [-0.2, -0.15) is 0 Å². The molecule has 0 bridgehead atoms. The predicted molar refractivity (Wildman–Crippen MR) is 81.5 cm³/mol. The average molecular weight is 293 g/mol. The Labute approximate surface area is 125 Å². The number of aliphatic carboxylic acids is 1. The van der Waals surface area contributed by atoms with Crippen molar-refractivity contribution in [1.82, 2.24) is 0 Å². The minimum atomic E-state index is -1.14. The zero-order chi connectivity index (χ0) is 16.4. The van der Waals surface area contributed by atoms with Gasteiger partial charge < -0.3 is 15.1 Å². The number of carboxylic acid groups (broad SMARTS) is 1. The number of hydrogen-bond acceptors (Lipinski definition) is 3. The Morgan fingerprint density at radius 2 is 1.86 bits per heavy atom. The molecule has 21 heavy (non-hydrogen) atoms. The van der Waals surface area contributed by atoms with Crippen LogP contribution in [0.3, 0.4) is 0 Å². The van der Waals surface area contributed by atoms with Crippen LogP contribution in [0.2, 0.25) is 0 Å². The van der Waals surface area contributed by atoms with Gasteiger partial charge in [-0.05, 0) is 30.9 Å².